The monoisotopic (exact) mass is 562 g/mol. The zero-order valence-electron chi connectivity index (χ0n) is 22.6. The second-order valence-electron chi connectivity index (χ2n) is 10.4. The summed E-state index contributed by atoms with van der Waals surface area (Å²) in [7, 11) is -4.06. The lowest BCUT2D eigenvalue weighted by Gasteiger charge is -2.26. The molecule has 1 aliphatic heterocycles. The van der Waals surface area contributed by atoms with Gasteiger partial charge in [0.15, 0.2) is 11.5 Å². The molecule has 3 aromatic rings. The van der Waals surface area contributed by atoms with E-state index in [0.29, 0.717) is 28.2 Å². The van der Waals surface area contributed by atoms with Crippen LogP contribution < -0.4 is 4.72 Å². The summed E-state index contributed by atoms with van der Waals surface area (Å²) in [5, 5.41) is 14.4. The van der Waals surface area contributed by atoms with E-state index in [-0.39, 0.29) is 16.7 Å². The average Bonchev–Trinajstić information content (AvgIpc) is 3.21. The summed E-state index contributed by atoms with van der Waals surface area (Å²) in [6, 6.07) is 12.1. The third-order valence-corrected chi connectivity index (χ3v) is 7.42. The number of hydrogen-bond acceptors (Lipinski definition) is 7. The van der Waals surface area contributed by atoms with Gasteiger partial charge in [0, 0.05) is 22.7 Å². The van der Waals surface area contributed by atoms with E-state index in [9.17, 15) is 22.9 Å². The number of aromatic nitrogens is 2. The first-order valence-corrected chi connectivity index (χ1v) is 13.9. The summed E-state index contributed by atoms with van der Waals surface area (Å²) in [6.45, 7) is 16.2. The van der Waals surface area contributed by atoms with Gasteiger partial charge >= 0.3 is 6.09 Å². The maximum Gasteiger partial charge on any atom is 0.435 e. The topological polar surface area (TPSA) is 131 Å². The van der Waals surface area contributed by atoms with Crippen LogP contribution >= 0.6 is 0 Å². The van der Waals surface area contributed by atoms with Gasteiger partial charge in [-0.2, -0.15) is 9.94 Å². The van der Waals surface area contributed by atoms with Crippen molar-refractivity contribution in [2.24, 2.45) is 10.9 Å². The molecule has 0 saturated carbocycles. The van der Waals surface area contributed by atoms with Crippen LogP contribution in [0, 0.1) is 29.6 Å². The van der Waals surface area contributed by atoms with Crippen LogP contribution in [0.3, 0.4) is 0 Å². The Bertz CT molecular complexity index is 1750. The minimum Gasteiger partial charge on any atom is -0.442 e. The number of carbonyl (C=O) groups is 1. The van der Waals surface area contributed by atoms with E-state index in [4.69, 9.17) is 11.3 Å². The summed E-state index contributed by atoms with van der Waals surface area (Å²) >= 11 is 0. The summed E-state index contributed by atoms with van der Waals surface area (Å²) in [6.07, 6.45) is -0.817. The molecular formula is C28H27FN6O4S. The van der Waals surface area contributed by atoms with E-state index < -0.39 is 45.1 Å². The van der Waals surface area contributed by atoms with Crippen LogP contribution in [0.25, 0.3) is 15.7 Å². The lowest BCUT2D eigenvalue weighted by molar-refractivity contribution is 0.0523. The van der Waals surface area contributed by atoms with Gasteiger partial charge in [0.05, 0.1) is 29.8 Å². The first-order chi connectivity index (χ1) is 18.7. The summed E-state index contributed by atoms with van der Waals surface area (Å²) in [5.74, 6) is -2.47. The number of benzene rings is 2. The molecule has 4 rings (SSSR count). The van der Waals surface area contributed by atoms with Gasteiger partial charge in [-0.25, -0.2) is 22.4 Å². The van der Waals surface area contributed by atoms with Crippen LogP contribution in [0.1, 0.15) is 51.7 Å². The number of nitrogens with one attached hydrogen (secondary N) is 1. The molecule has 206 valence electrons. The molecule has 2 heterocycles. The van der Waals surface area contributed by atoms with E-state index in [0.717, 1.165) is 16.8 Å². The summed E-state index contributed by atoms with van der Waals surface area (Å²) < 4.78 is 48.4. The molecule has 2 atom stereocenters. The van der Waals surface area contributed by atoms with Gasteiger partial charge in [-0.1, -0.05) is 18.2 Å². The van der Waals surface area contributed by atoms with Gasteiger partial charge in [0.25, 0.3) is 0 Å². The molecule has 0 spiro atoms. The number of nitrogens with zero attached hydrogens (tertiary/aromatic N) is 5. The number of sulfonamides is 1. The molecule has 40 heavy (non-hydrogen) atoms. The molecule has 1 N–H and O–H groups in total. The number of ether oxygens (including phenoxy) is 1. The van der Waals surface area contributed by atoms with Crippen molar-refractivity contribution in [1.82, 2.24) is 9.78 Å². The van der Waals surface area contributed by atoms with Crippen molar-refractivity contribution in [3.05, 3.63) is 82.2 Å². The molecule has 10 nitrogen and oxygen atoms in total. The lowest BCUT2D eigenvalue weighted by Crippen LogP contribution is -2.28. The van der Waals surface area contributed by atoms with Gasteiger partial charge in [-0.3, -0.25) is 9.71 Å². The standard InChI is InChI=1S/C28H27FN6O4S/c1-16-22(14-30)24(25(31-6)17(2)32-16)19-9-12-23-21(13-19)26(33-35(23)27(36)39-28(3,4)5)34-40(37,38)15-18-7-10-20(29)11-8-18/h7-13,22,24H,15H2,1-5H3,(H,33,34). The van der Waals surface area contributed by atoms with E-state index in [1.54, 1.807) is 52.8 Å². The lowest BCUT2D eigenvalue weighted by atomic mass is 9.79. The predicted molar refractivity (Wildman–Crippen MR) is 148 cm³/mol. The summed E-state index contributed by atoms with van der Waals surface area (Å²) in [5.41, 5.74) is 1.68. The first-order valence-electron chi connectivity index (χ1n) is 12.3. The number of aliphatic imine (C=N–C) groups is 1. The highest BCUT2D eigenvalue weighted by Gasteiger charge is 2.35. The quantitative estimate of drug-likeness (QED) is 0.394. The molecule has 0 amide bonds. The average molecular weight is 563 g/mol. The Morgan fingerprint density at radius 1 is 1.23 bits per heavy atom. The van der Waals surface area contributed by atoms with Gasteiger partial charge in [-0.05, 0) is 70.0 Å². The normalized spacial score (nSPS) is 17.6. The smallest absolute Gasteiger partial charge is 0.435 e. The Hall–Kier alpha value is -4.55. The van der Waals surface area contributed by atoms with Crippen LogP contribution in [0.5, 0.6) is 0 Å². The number of hydrogen-bond donors (Lipinski definition) is 1. The fourth-order valence-corrected chi connectivity index (χ4v) is 5.67. The highest BCUT2D eigenvalue weighted by Crippen LogP contribution is 2.41. The minimum absolute atomic E-state index is 0.135. The molecule has 0 saturated heterocycles. The molecule has 0 radical (unpaired) electrons. The van der Waals surface area contributed by atoms with E-state index >= 15 is 0 Å². The predicted octanol–water partition coefficient (Wildman–Crippen LogP) is 5.75. The second kappa shape index (κ2) is 10.5. The number of allylic oxidation sites excluding steroid dienone is 2. The van der Waals surface area contributed by atoms with Gasteiger partial charge in [0.2, 0.25) is 10.0 Å². The molecule has 0 aliphatic carbocycles. The highest BCUT2D eigenvalue weighted by molar-refractivity contribution is 7.91. The molecule has 2 aromatic carbocycles. The third-order valence-electron chi connectivity index (χ3n) is 6.20. The van der Waals surface area contributed by atoms with Crippen molar-refractivity contribution in [3.8, 4) is 6.07 Å². The Labute approximate surface area is 231 Å². The number of rotatable bonds is 5. The van der Waals surface area contributed by atoms with Crippen LogP contribution in [0.4, 0.5) is 15.0 Å². The number of carbonyl (C=O) groups excluding carboxylic acids is 1. The van der Waals surface area contributed by atoms with Crippen molar-refractivity contribution < 1.29 is 22.3 Å². The second-order valence-corrected chi connectivity index (χ2v) is 12.1. The Morgan fingerprint density at radius 3 is 2.50 bits per heavy atom. The number of fused-ring (bicyclic) bond motifs is 1. The van der Waals surface area contributed by atoms with Crippen molar-refractivity contribution in [2.75, 3.05) is 4.72 Å². The number of nitriles is 1. The van der Waals surface area contributed by atoms with Crippen LogP contribution in [-0.2, 0) is 20.5 Å². The third kappa shape index (κ3) is 5.87. The molecule has 0 fully saturated rings. The number of halogens is 1. The van der Waals surface area contributed by atoms with Crippen LogP contribution in [0.2, 0.25) is 0 Å². The highest BCUT2D eigenvalue weighted by atomic mass is 32.2. The largest absolute Gasteiger partial charge is 0.442 e. The zero-order chi connectivity index (χ0) is 29.4. The molecule has 2 unspecified atom stereocenters. The van der Waals surface area contributed by atoms with Gasteiger partial charge in [0.1, 0.15) is 11.4 Å². The molecule has 12 heteroatoms. The Kier molecular flexibility index (Phi) is 7.50. The molecule has 1 aromatic heterocycles. The van der Waals surface area contributed by atoms with Crippen molar-refractivity contribution in [2.45, 2.75) is 51.9 Å². The van der Waals surface area contributed by atoms with Crippen molar-refractivity contribution in [3.63, 3.8) is 0 Å². The first kappa shape index (κ1) is 28.5. The SMILES string of the molecule is [C-]#[N+]C1=C(C)N=C(C)C(C#N)C1c1ccc2c(c1)c(NS(=O)(=O)Cc1ccc(F)cc1)nn2C(=O)OC(C)(C)C. The minimum atomic E-state index is -4.06. The fourth-order valence-electron chi connectivity index (χ4n) is 4.52. The maximum absolute atomic E-state index is 13.3. The van der Waals surface area contributed by atoms with Gasteiger partial charge < -0.3 is 4.74 Å². The molecular weight excluding hydrogens is 535 g/mol. The fraction of sp³-hybridized carbons (Fsp3) is 0.321. The van der Waals surface area contributed by atoms with Crippen molar-refractivity contribution >= 4 is 38.5 Å². The summed E-state index contributed by atoms with van der Waals surface area (Å²) in [4.78, 5) is 21.0. The maximum atomic E-state index is 13.3. The Morgan fingerprint density at radius 2 is 1.90 bits per heavy atom. The van der Waals surface area contributed by atoms with E-state index in [2.05, 4.69) is 25.7 Å². The molecule has 1 aliphatic rings. The number of anilines is 1. The zero-order valence-corrected chi connectivity index (χ0v) is 23.4. The van der Waals surface area contributed by atoms with Gasteiger partial charge in [-0.15, -0.1) is 5.10 Å². The van der Waals surface area contributed by atoms with Crippen molar-refractivity contribution in [1.29, 1.82) is 5.26 Å². The van der Waals surface area contributed by atoms with E-state index in [1.807, 2.05) is 0 Å². The van der Waals surface area contributed by atoms with E-state index in [1.165, 1.54) is 12.1 Å². The van der Waals surface area contributed by atoms with Crippen LogP contribution in [-0.4, -0.2) is 35.6 Å². The van der Waals surface area contributed by atoms with Crippen LogP contribution in [0.15, 0.2) is 58.9 Å². The Balaban J connectivity index is 1.85. The molecule has 0 bridgehead atoms.